The zero-order valence-corrected chi connectivity index (χ0v) is 13.0. The van der Waals surface area contributed by atoms with Gasteiger partial charge in [0.2, 0.25) is 0 Å². The molecule has 0 aliphatic carbocycles. The maximum atomic E-state index is 14.5. The van der Waals surface area contributed by atoms with Crippen LogP contribution in [0.4, 0.5) is 10.1 Å². The lowest BCUT2D eigenvalue weighted by molar-refractivity contribution is 0.0994. The Bertz CT molecular complexity index is 712. The number of carbonyl (C=O) groups is 1. The van der Waals surface area contributed by atoms with E-state index >= 15 is 0 Å². The van der Waals surface area contributed by atoms with Crippen LogP contribution in [-0.2, 0) is 13.0 Å². The summed E-state index contributed by atoms with van der Waals surface area (Å²) in [5.74, 6) is -0.628. The van der Waals surface area contributed by atoms with Crippen molar-refractivity contribution in [2.24, 2.45) is 0 Å². The van der Waals surface area contributed by atoms with Crippen molar-refractivity contribution in [3.63, 3.8) is 0 Å². The Morgan fingerprint density at radius 1 is 1.48 bits per heavy atom. The van der Waals surface area contributed by atoms with Crippen molar-refractivity contribution in [3.05, 3.63) is 51.1 Å². The van der Waals surface area contributed by atoms with Crippen molar-refractivity contribution < 1.29 is 13.6 Å². The Labute approximate surface area is 129 Å². The molecule has 1 aliphatic rings. The van der Waals surface area contributed by atoms with Gasteiger partial charge in [0.05, 0.1) is 5.69 Å². The number of halogens is 2. The summed E-state index contributed by atoms with van der Waals surface area (Å²) in [6.45, 7) is 3.16. The molecular weight excluding hydrogens is 339 g/mol. The zero-order chi connectivity index (χ0) is 15.0. The molecule has 0 spiro atoms. The lowest BCUT2D eigenvalue weighted by Gasteiger charge is -2.19. The van der Waals surface area contributed by atoms with Crippen LogP contribution in [0.3, 0.4) is 0 Å². The second kappa shape index (κ2) is 5.61. The van der Waals surface area contributed by atoms with Crippen LogP contribution in [0.25, 0.3) is 0 Å². The molecule has 0 atom stereocenters. The minimum atomic E-state index is -0.453. The number of rotatable bonds is 2. The fraction of sp³-hybridized carbons (Fsp3) is 0.267. The fourth-order valence-corrected chi connectivity index (χ4v) is 2.98. The molecule has 1 aromatic heterocycles. The molecule has 3 rings (SSSR count). The van der Waals surface area contributed by atoms with E-state index < -0.39 is 5.91 Å². The number of aryl methyl sites for hydroxylation is 1. The number of amides is 1. The lowest BCUT2D eigenvalue weighted by Crippen LogP contribution is -2.25. The molecule has 0 saturated carbocycles. The van der Waals surface area contributed by atoms with Crippen molar-refractivity contribution in [1.82, 2.24) is 5.32 Å². The highest BCUT2D eigenvalue weighted by Gasteiger charge is 2.20. The summed E-state index contributed by atoms with van der Waals surface area (Å²) in [4.78, 5) is 12.2. The summed E-state index contributed by atoms with van der Waals surface area (Å²) in [5, 5.41) is 5.77. The topological polar surface area (TPSA) is 54.3 Å². The number of furan rings is 1. The van der Waals surface area contributed by atoms with Gasteiger partial charge in [0.25, 0.3) is 5.91 Å². The first-order chi connectivity index (χ1) is 10.1. The molecule has 4 nitrogen and oxygen atoms in total. The number of benzene rings is 1. The number of carbonyl (C=O) groups excluding carboxylic acids is 1. The van der Waals surface area contributed by atoms with E-state index in [1.165, 1.54) is 0 Å². The highest BCUT2D eigenvalue weighted by molar-refractivity contribution is 9.10. The van der Waals surface area contributed by atoms with Gasteiger partial charge in [-0.25, -0.2) is 4.39 Å². The second-order valence-corrected chi connectivity index (χ2v) is 5.79. The maximum Gasteiger partial charge on any atom is 0.291 e. The molecule has 0 unspecified atom stereocenters. The van der Waals surface area contributed by atoms with E-state index in [1.54, 1.807) is 19.1 Å². The number of hydrogen-bond donors (Lipinski definition) is 2. The first kappa shape index (κ1) is 14.3. The van der Waals surface area contributed by atoms with Crippen LogP contribution in [0.5, 0.6) is 0 Å². The smallest absolute Gasteiger partial charge is 0.291 e. The van der Waals surface area contributed by atoms with E-state index in [4.69, 9.17) is 4.42 Å². The molecule has 2 aromatic rings. The van der Waals surface area contributed by atoms with E-state index in [-0.39, 0.29) is 17.3 Å². The molecule has 110 valence electrons. The van der Waals surface area contributed by atoms with Gasteiger partial charge < -0.3 is 15.1 Å². The molecule has 2 heterocycles. The second-order valence-electron chi connectivity index (χ2n) is 5.01. The van der Waals surface area contributed by atoms with Gasteiger partial charge >= 0.3 is 0 Å². The molecule has 1 amide bonds. The Kier molecular flexibility index (Phi) is 3.82. The summed E-state index contributed by atoms with van der Waals surface area (Å²) in [6, 6.07) is 5.13. The molecule has 0 bridgehead atoms. The van der Waals surface area contributed by atoms with E-state index in [9.17, 15) is 9.18 Å². The van der Waals surface area contributed by atoms with Gasteiger partial charge in [-0.05, 0) is 59.1 Å². The Hall–Kier alpha value is -1.66. The summed E-state index contributed by atoms with van der Waals surface area (Å²) < 4.78 is 20.2. The van der Waals surface area contributed by atoms with Crippen LogP contribution in [0.1, 0.15) is 27.2 Å². The monoisotopic (exact) mass is 352 g/mol. The van der Waals surface area contributed by atoms with Crippen LogP contribution < -0.4 is 10.6 Å². The molecule has 0 radical (unpaired) electrons. The largest absolute Gasteiger partial charge is 0.444 e. The zero-order valence-electron chi connectivity index (χ0n) is 11.4. The summed E-state index contributed by atoms with van der Waals surface area (Å²) >= 11 is 3.17. The van der Waals surface area contributed by atoms with Gasteiger partial charge in [-0.3, -0.25) is 4.79 Å². The van der Waals surface area contributed by atoms with Crippen molar-refractivity contribution in [2.45, 2.75) is 19.9 Å². The lowest BCUT2D eigenvalue weighted by atomic mass is 9.99. The van der Waals surface area contributed by atoms with E-state index in [0.29, 0.717) is 28.8 Å². The third kappa shape index (κ3) is 2.73. The molecule has 6 heteroatoms. The number of anilines is 1. The van der Waals surface area contributed by atoms with Crippen molar-refractivity contribution in [1.29, 1.82) is 0 Å². The van der Waals surface area contributed by atoms with Crippen molar-refractivity contribution in [3.8, 4) is 0 Å². The predicted molar refractivity (Wildman–Crippen MR) is 80.9 cm³/mol. The minimum Gasteiger partial charge on any atom is -0.444 e. The van der Waals surface area contributed by atoms with Crippen molar-refractivity contribution in [2.75, 3.05) is 11.9 Å². The Balaban J connectivity index is 1.88. The minimum absolute atomic E-state index is 0.181. The molecule has 21 heavy (non-hydrogen) atoms. The average molecular weight is 353 g/mol. The van der Waals surface area contributed by atoms with Crippen LogP contribution in [0, 0.1) is 12.7 Å². The molecule has 1 aromatic carbocycles. The van der Waals surface area contributed by atoms with Crippen LogP contribution in [0.15, 0.2) is 27.3 Å². The number of fused-ring (bicyclic) bond motifs is 1. The highest BCUT2D eigenvalue weighted by Crippen LogP contribution is 2.26. The van der Waals surface area contributed by atoms with Gasteiger partial charge in [-0.15, -0.1) is 0 Å². The van der Waals surface area contributed by atoms with E-state index in [1.807, 2.05) is 6.07 Å². The summed E-state index contributed by atoms with van der Waals surface area (Å²) in [5.41, 5.74) is 2.49. The first-order valence-electron chi connectivity index (χ1n) is 6.64. The highest BCUT2D eigenvalue weighted by atomic mass is 79.9. The van der Waals surface area contributed by atoms with Crippen LogP contribution in [0.2, 0.25) is 0 Å². The average Bonchev–Trinajstić information content (AvgIpc) is 2.81. The van der Waals surface area contributed by atoms with Gasteiger partial charge in [0, 0.05) is 12.1 Å². The van der Waals surface area contributed by atoms with Crippen molar-refractivity contribution >= 4 is 27.5 Å². The third-order valence-corrected chi connectivity index (χ3v) is 3.94. The molecule has 1 aliphatic heterocycles. The van der Waals surface area contributed by atoms with Crippen LogP contribution in [-0.4, -0.2) is 12.5 Å². The van der Waals surface area contributed by atoms with Gasteiger partial charge in [-0.2, -0.15) is 0 Å². The van der Waals surface area contributed by atoms with Gasteiger partial charge in [0.1, 0.15) is 5.82 Å². The summed E-state index contributed by atoms with van der Waals surface area (Å²) in [6.07, 6.45) is 0.621. The van der Waals surface area contributed by atoms with Crippen LogP contribution >= 0.6 is 15.9 Å². The maximum absolute atomic E-state index is 14.5. The Morgan fingerprint density at radius 3 is 3.00 bits per heavy atom. The van der Waals surface area contributed by atoms with Gasteiger partial charge in [-0.1, -0.05) is 6.07 Å². The molecule has 2 N–H and O–H groups in total. The number of hydrogen-bond acceptors (Lipinski definition) is 3. The molecule has 0 saturated heterocycles. The fourth-order valence-electron chi connectivity index (χ4n) is 2.48. The Morgan fingerprint density at radius 2 is 2.29 bits per heavy atom. The molecular formula is C15H14BrFN2O2. The molecule has 0 fully saturated rings. The van der Waals surface area contributed by atoms with E-state index in [2.05, 4.69) is 26.6 Å². The summed E-state index contributed by atoms with van der Waals surface area (Å²) in [7, 11) is 0. The first-order valence-corrected chi connectivity index (χ1v) is 7.44. The SMILES string of the molecule is Cc1cc(Br)oc1C(=O)Nc1ccc2c(c1F)CCNC2. The quantitative estimate of drug-likeness (QED) is 0.870. The number of nitrogens with one attached hydrogen (secondary N) is 2. The van der Waals surface area contributed by atoms with Gasteiger partial charge in [0.15, 0.2) is 10.4 Å². The van der Waals surface area contributed by atoms with E-state index in [0.717, 1.165) is 12.1 Å². The third-order valence-electron chi connectivity index (χ3n) is 3.55. The standard InChI is InChI=1S/C15H14BrFN2O2/c1-8-6-12(16)21-14(8)15(20)19-11-3-2-9-7-18-5-4-10(9)13(11)17/h2-3,6,18H,4-5,7H2,1H3,(H,19,20). The normalized spacial score (nSPS) is 13.9. The predicted octanol–water partition coefficient (Wildman–Crippen LogP) is 3.39.